The van der Waals surface area contributed by atoms with Gasteiger partial charge in [0.1, 0.15) is 11.6 Å². The normalized spacial score (nSPS) is 10.8. The van der Waals surface area contributed by atoms with Crippen LogP contribution in [-0.2, 0) is 11.3 Å². The predicted molar refractivity (Wildman–Crippen MR) is 62.6 cm³/mol. The van der Waals surface area contributed by atoms with Crippen LogP contribution in [0.1, 0.15) is 25.3 Å². The first-order valence-electron chi connectivity index (χ1n) is 5.50. The summed E-state index contributed by atoms with van der Waals surface area (Å²) in [5.74, 6) is 0.0220. The highest BCUT2D eigenvalue weighted by Crippen LogP contribution is 2.06. The fraction of sp³-hybridized carbons (Fsp3) is 0.462. The van der Waals surface area contributed by atoms with E-state index in [1.54, 1.807) is 19.1 Å². The van der Waals surface area contributed by atoms with E-state index in [1.807, 2.05) is 13.1 Å². The summed E-state index contributed by atoms with van der Waals surface area (Å²) in [4.78, 5) is 12.9. The lowest BCUT2D eigenvalue weighted by atomic mass is 10.2. The molecule has 0 aliphatic carbocycles. The van der Waals surface area contributed by atoms with E-state index in [1.165, 1.54) is 6.07 Å². The molecule has 0 N–H and O–H groups in total. The molecule has 0 spiro atoms. The number of halogens is 1. The predicted octanol–water partition coefficient (Wildman–Crippen LogP) is 2.63. The Morgan fingerprint density at radius 2 is 2.19 bits per heavy atom. The first kappa shape index (κ1) is 12.8. The first-order valence-corrected chi connectivity index (χ1v) is 5.50. The van der Waals surface area contributed by atoms with E-state index >= 15 is 0 Å². The lowest BCUT2D eigenvalue weighted by molar-refractivity contribution is -0.117. The van der Waals surface area contributed by atoms with Gasteiger partial charge in [0.2, 0.25) is 0 Å². The molecule has 0 aromatic heterocycles. The van der Waals surface area contributed by atoms with Gasteiger partial charge in [-0.3, -0.25) is 0 Å². The smallest absolute Gasteiger partial charge is 0.129 e. The number of ketones is 1. The second-order valence-corrected chi connectivity index (χ2v) is 4.17. The molecule has 0 saturated carbocycles. The van der Waals surface area contributed by atoms with Gasteiger partial charge in [-0.15, -0.1) is 0 Å². The number of carbonyl (C=O) groups excluding carboxylic acids is 1. The molecule has 0 saturated heterocycles. The standard InChI is InChI=1S/C13H18FNO/c1-11(16)5-4-8-15(2)10-12-6-3-7-13(14)9-12/h3,6-7,9H,4-5,8,10H2,1-2H3. The largest absolute Gasteiger partial charge is 0.302 e. The van der Waals surface area contributed by atoms with Gasteiger partial charge >= 0.3 is 0 Å². The van der Waals surface area contributed by atoms with Crippen molar-refractivity contribution in [3.05, 3.63) is 35.6 Å². The average molecular weight is 223 g/mol. The summed E-state index contributed by atoms with van der Waals surface area (Å²) in [5.41, 5.74) is 0.963. The highest BCUT2D eigenvalue weighted by atomic mass is 19.1. The zero-order valence-electron chi connectivity index (χ0n) is 9.87. The van der Waals surface area contributed by atoms with E-state index in [2.05, 4.69) is 4.90 Å². The summed E-state index contributed by atoms with van der Waals surface area (Å²) in [7, 11) is 1.98. The SMILES string of the molecule is CC(=O)CCCN(C)Cc1cccc(F)c1. The fourth-order valence-corrected chi connectivity index (χ4v) is 1.62. The lowest BCUT2D eigenvalue weighted by Crippen LogP contribution is -2.19. The van der Waals surface area contributed by atoms with Crippen molar-refractivity contribution in [2.24, 2.45) is 0 Å². The third-order valence-electron chi connectivity index (χ3n) is 2.41. The van der Waals surface area contributed by atoms with Crippen LogP contribution in [0.2, 0.25) is 0 Å². The maximum atomic E-state index is 12.9. The lowest BCUT2D eigenvalue weighted by Gasteiger charge is -2.16. The van der Waals surface area contributed by atoms with Crippen molar-refractivity contribution in [1.82, 2.24) is 4.90 Å². The minimum atomic E-state index is -0.199. The zero-order valence-corrected chi connectivity index (χ0v) is 9.87. The number of carbonyl (C=O) groups is 1. The Balaban J connectivity index is 2.33. The van der Waals surface area contributed by atoms with Crippen molar-refractivity contribution in [2.75, 3.05) is 13.6 Å². The molecule has 0 unspecified atom stereocenters. The van der Waals surface area contributed by atoms with Gasteiger partial charge in [-0.05, 0) is 44.6 Å². The van der Waals surface area contributed by atoms with E-state index in [-0.39, 0.29) is 11.6 Å². The third-order valence-corrected chi connectivity index (χ3v) is 2.41. The van der Waals surface area contributed by atoms with Crippen molar-refractivity contribution in [3.63, 3.8) is 0 Å². The number of rotatable bonds is 6. The molecule has 2 nitrogen and oxygen atoms in total. The fourth-order valence-electron chi connectivity index (χ4n) is 1.62. The van der Waals surface area contributed by atoms with Crippen LogP contribution in [0, 0.1) is 5.82 Å². The van der Waals surface area contributed by atoms with E-state index < -0.39 is 0 Å². The van der Waals surface area contributed by atoms with Gasteiger partial charge in [0.05, 0.1) is 0 Å². The van der Waals surface area contributed by atoms with Crippen LogP contribution >= 0.6 is 0 Å². The Kier molecular flexibility index (Phi) is 5.12. The van der Waals surface area contributed by atoms with Gasteiger partial charge < -0.3 is 9.69 Å². The molecule has 0 aliphatic heterocycles. The van der Waals surface area contributed by atoms with Crippen LogP contribution in [0.5, 0.6) is 0 Å². The van der Waals surface area contributed by atoms with Crippen molar-refractivity contribution in [2.45, 2.75) is 26.3 Å². The Morgan fingerprint density at radius 3 is 2.81 bits per heavy atom. The van der Waals surface area contributed by atoms with Gasteiger partial charge in [-0.2, -0.15) is 0 Å². The van der Waals surface area contributed by atoms with Gasteiger partial charge in [-0.1, -0.05) is 12.1 Å². The summed E-state index contributed by atoms with van der Waals surface area (Å²) in [6, 6.07) is 6.61. The second-order valence-electron chi connectivity index (χ2n) is 4.17. The van der Waals surface area contributed by atoms with Crippen molar-refractivity contribution in [3.8, 4) is 0 Å². The molecule has 16 heavy (non-hydrogen) atoms. The Hall–Kier alpha value is -1.22. The summed E-state index contributed by atoms with van der Waals surface area (Å²) >= 11 is 0. The van der Waals surface area contributed by atoms with E-state index in [4.69, 9.17) is 0 Å². The second kappa shape index (κ2) is 6.38. The molecular formula is C13H18FNO. The maximum absolute atomic E-state index is 12.9. The molecule has 88 valence electrons. The summed E-state index contributed by atoms with van der Waals surface area (Å²) in [6.45, 7) is 3.18. The van der Waals surface area contributed by atoms with E-state index in [0.29, 0.717) is 6.42 Å². The van der Waals surface area contributed by atoms with Gasteiger partial charge in [0, 0.05) is 13.0 Å². The van der Waals surface area contributed by atoms with Gasteiger partial charge in [0.25, 0.3) is 0 Å². The van der Waals surface area contributed by atoms with Crippen LogP contribution in [0.25, 0.3) is 0 Å². The molecular weight excluding hydrogens is 205 g/mol. The molecule has 0 heterocycles. The van der Waals surface area contributed by atoms with Crippen molar-refractivity contribution in [1.29, 1.82) is 0 Å². The van der Waals surface area contributed by atoms with Crippen molar-refractivity contribution >= 4 is 5.78 Å². The van der Waals surface area contributed by atoms with Crippen molar-refractivity contribution < 1.29 is 9.18 Å². The number of Topliss-reactive ketones (excluding diaryl/α,β-unsaturated/α-hetero) is 1. The molecule has 0 bridgehead atoms. The molecule has 0 fully saturated rings. The molecule has 0 aliphatic rings. The molecule has 0 radical (unpaired) electrons. The number of benzene rings is 1. The van der Waals surface area contributed by atoms with Crippen LogP contribution in [-0.4, -0.2) is 24.3 Å². The van der Waals surface area contributed by atoms with Gasteiger partial charge in [0.15, 0.2) is 0 Å². The molecule has 3 heteroatoms. The number of nitrogens with zero attached hydrogens (tertiary/aromatic N) is 1. The highest BCUT2D eigenvalue weighted by molar-refractivity contribution is 5.75. The number of hydrogen-bond donors (Lipinski definition) is 0. The average Bonchev–Trinajstić information content (AvgIpc) is 2.16. The minimum absolute atomic E-state index is 0.199. The van der Waals surface area contributed by atoms with Gasteiger partial charge in [-0.25, -0.2) is 4.39 Å². The minimum Gasteiger partial charge on any atom is -0.302 e. The maximum Gasteiger partial charge on any atom is 0.129 e. The quantitative estimate of drug-likeness (QED) is 0.739. The van der Waals surface area contributed by atoms with E-state index in [9.17, 15) is 9.18 Å². The highest BCUT2D eigenvalue weighted by Gasteiger charge is 2.02. The summed E-state index contributed by atoms with van der Waals surface area (Å²) < 4.78 is 12.9. The Labute approximate surface area is 96.1 Å². The van der Waals surface area contributed by atoms with Crippen LogP contribution in [0.4, 0.5) is 4.39 Å². The first-order chi connectivity index (χ1) is 7.58. The molecule has 1 rings (SSSR count). The molecule has 1 aromatic rings. The molecule has 0 amide bonds. The number of hydrogen-bond acceptors (Lipinski definition) is 2. The Bertz CT molecular complexity index is 352. The zero-order chi connectivity index (χ0) is 12.0. The van der Waals surface area contributed by atoms with Crippen LogP contribution < -0.4 is 0 Å². The molecule has 1 aromatic carbocycles. The monoisotopic (exact) mass is 223 g/mol. The van der Waals surface area contributed by atoms with Crippen LogP contribution in [0.15, 0.2) is 24.3 Å². The van der Waals surface area contributed by atoms with Crippen LogP contribution in [0.3, 0.4) is 0 Å². The summed E-state index contributed by atoms with van der Waals surface area (Å²) in [5, 5.41) is 0. The van der Waals surface area contributed by atoms with E-state index in [0.717, 1.165) is 25.1 Å². The Morgan fingerprint density at radius 1 is 1.44 bits per heavy atom. The third kappa shape index (κ3) is 5.03. The summed E-state index contributed by atoms with van der Waals surface area (Å²) in [6.07, 6.45) is 1.48. The molecule has 0 atom stereocenters. The topological polar surface area (TPSA) is 20.3 Å².